The van der Waals surface area contributed by atoms with Crippen molar-refractivity contribution in [2.45, 2.75) is 20.0 Å². The van der Waals surface area contributed by atoms with Gasteiger partial charge in [-0.05, 0) is 41.8 Å². The lowest BCUT2D eigenvalue weighted by atomic mass is 10.1. The molecule has 134 valence electrons. The molecule has 0 aliphatic rings. The standard InChI is InChI=1S/C19H17FN2O3S/c1-13(23)21-18-10-14(6-7-17(18)20)19(24)22(11-15-4-2-8-25-15)12-16-5-3-9-26-16/h2-10H,11-12H2,1H3,(H,21,23). The van der Waals surface area contributed by atoms with Crippen LogP contribution in [0.25, 0.3) is 0 Å². The Balaban J connectivity index is 1.87. The molecule has 0 aliphatic carbocycles. The van der Waals surface area contributed by atoms with Crippen molar-refractivity contribution in [2.75, 3.05) is 5.32 Å². The lowest BCUT2D eigenvalue weighted by molar-refractivity contribution is -0.114. The molecule has 1 aromatic carbocycles. The third-order valence-electron chi connectivity index (χ3n) is 3.66. The number of hydrogen-bond donors (Lipinski definition) is 1. The molecule has 2 aromatic heterocycles. The van der Waals surface area contributed by atoms with Crippen molar-refractivity contribution < 1.29 is 18.4 Å². The lowest BCUT2D eigenvalue weighted by Crippen LogP contribution is -2.29. The van der Waals surface area contributed by atoms with Gasteiger partial charge in [0, 0.05) is 17.4 Å². The van der Waals surface area contributed by atoms with E-state index in [4.69, 9.17) is 4.42 Å². The van der Waals surface area contributed by atoms with Gasteiger partial charge in [0.05, 0.1) is 25.0 Å². The maximum Gasteiger partial charge on any atom is 0.254 e. The Morgan fingerprint density at radius 3 is 2.69 bits per heavy atom. The summed E-state index contributed by atoms with van der Waals surface area (Å²) in [6.45, 7) is 1.98. The summed E-state index contributed by atoms with van der Waals surface area (Å²) >= 11 is 1.55. The average Bonchev–Trinajstić information content (AvgIpc) is 3.29. The summed E-state index contributed by atoms with van der Waals surface area (Å²) in [5, 5.41) is 4.34. The summed E-state index contributed by atoms with van der Waals surface area (Å²) in [6.07, 6.45) is 1.55. The fraction of sp³-hybridized carbons (Fsp3) is 0.158. The molecule has 0 saturated heterocycles. The molecule has 0 spiro atoms. The topological polar surface area (TPSA) is 62.6 Å². The number of halogens is 1. The summed E-state index contributed by atoms with van der Waals surface area (Å²) < 4.78 is 19.2. The monoisotopic (exact) mass is 372 g/mol. The molecule has 1 N–H and O–H groups in total. The summed E-state index contributed by atoms with van der Waals surface area (Å²) in [7, 11) is 0. The van der Waals surface area contributed by atoms with Crippen LogP contribution in [0.3, 0.4) is 0 Å². The highest BCUT2D eigenvalue weighted by Gasteiger charge is 2.20. The number of carbonyl (C=O) groups excluding carboxylic acids is 2. The van der Waals surface area contributed by atoms with Gasteiger partial charge in [-0.1, -0.05) is 6.07 Å². The van der Waals surface area contributed by atoms with Crippen LogP contribution in [-0.4, -0.2) is 16.7 Å². The average molecular weight is 372 g/mol. The van der Waals surface area contributed by atoms with Crippen molar-refractivity contribution in [3.8, 4) is 0 Å². The third-order valence-corrected chi connectivity index (χ3v) is 4.53. The molecule has 0 unspecified atom stereocenters. The predicted octanol–water partition coefficient (Wildman–Crippen LogP) is 4.28. The van der Waals surface area contributed by atoms with Crippen molar-refractivity contribution in [2.24, 2.45) is 0 Å². The van der Waals surface area contributed by atoms with Crippen molar-refractivity contribution in [3.63, 3.8) is 0 Å². The molecule has 2 amide bonds. The molecule has 26 heavy (non-hydrogen) atoms. The van der Waals surface area contributed by atoms with Gasteiger partial charge in [-0.15, -0.1) is 11.3 Å². The second-order valence-corrected chi connectivity index (χ2v) is 6.73. The number of furan rings is 1. The number of anilines is 1. The van der Waals surface area contributed by atoms with E-state index in [2.05, 4.69) is 5.32 Å². The number of thiophene rings is 1. The van der Waals surface area contributed by atoms with Crippen LogP contribution < -0.4 is 5.32 Å². The first kappa shape index (κ1) is 17.9. The highest BCUT2D eigenvalue weighted by molar-refractivity contribution is 7.09. The second kappa shape index (κ2) is 7.97. The second-order valence-electron chi connectivity index (χ2n) is 5.70. The number of amides is 2. The first-order valence-corrected chi connectivity index (χ1v) is 8.82. The zero-order valence-electron chi connectivity index (χ0n) is 14.1. The summed E-state index contributed by atoms with van der Waals surface area (Å²) in [4.78, 5) is 26.9. The Morgan fingerprint density at radius 2 is 2.04 bits per heavy atom. The van der Waals surface area contributed by atoms with E-state index in [9.17, 15) is 14.0 Å². The molecule has 0 aliphatic heterocycles. The van der Waals surface area contributed by atoms with Gasteiger partial charge in [0.15, 0.2) is 0 Å². The highest BCUT2D eigenvalue weighted by Crippen LogP contribution is 2.21. The van der Waals surface area contributed by atoms with Crippen LogP contribution in [-0.2, 0) is 17.9 Å². The molecular formula is C19H17FN2O3S. The van der Waals surface area contributed by atoms with Gasteiger partial charge in [0.1, 0.15) is 11.6 Å². The molecule has 0 saturated carbocycles. The third kappa shape index (κ3) is 4.37. The highest BCUT2D eigenvalue weighted by atomic mass is 32.1. The first-order valence-electron chi connectivity index (χ1n) is 7.94. The fourth-order valence-corrected chi connectivity index (χ4v) is 3.23. The van der Waals surface area contributed by atoms with Crippen molar-refractivity contribution >= 4 is 28.8 Å². The van der Waals surface area contributed by atoms with E-state index in [0.717, 1.165) is 4.88 Å². The maximum absolute atomic E-state index is 13.9. The van der Waals surface area contributed by atoms with E-state index < -0.39 is 11.7 Å². The van der Waals surface area contributed by atoms with E-state index >= 15 is 0 Å². The molecule has 3 aromatic rings. The van der Waals surface area contributed by atoms with Crippen LogP contribution in [0.1, 0.15) is 27.9 Å². The minimum Gasteiger partial charge on any atom is -0.467 e. The largest absolute Gasteiger partial charge is 0.467 e. The van der Waals surface area contributed by atoms with E-state index in [1.54, 1.807) is 34.6 Å². The summed E-state index contributed by atoms with van der Waals surface area (Å²) in [5.41, 5.74) is 0.274. The van der Waals surface area contributed by atoms with Crippen LogP contribution in [0.15, 0.2) is 58.5 Å². The van der Waals surface area contributed by atoms with E-state index in [1.807, 2.05) is 17.5 Å². The molecule has 0 fully saturated rings. The van der Waals surface area contributed by atoms with Crippen LogP contribution in [0.4, 0.5) is 10.1 Å². The van der Waals surface area contributed by atoms with Gasteiger partial charge < -0.3 is 14.6 Å². The zero-order chi connectivity index (χ0) is 18.5. The Bertz CT molecular complexity index is 855. The molecule has 0 atom stereocenters. The molecule has 7 heteroatoms. The SMILES string of the molecule is CC(=O)Nc1cc(C(=O)N(Cc2ccco2)Cc2cccs2)ccc1F. The van der Waals surface area contributed by atoms with Crippen LogP contribution in [0.2, 0.25) is 0 Å². The Morgan fingerprint density at radius 1 is 1.19 bits per heavy atom. The Labute approximate surface area is 154 Å². The van der Waals surface area contributed by atoms with Crippen LogP contribution in [0, 0.1) is 5.82 Å². The van der Waals surface area contributed by atoms with Gasteiger partial charge in [-0.25, -0.2) is 4.39 Å². The lowest BCUT2D eigenvalue weighted by Gasteiger charge is -2.21. The van der Waals surface area contributed by atoms with Crippen molar-refractivity contribution in [1.82, 2.24) is 4.90 Å². The maximum atomic E-state index is 13.9. The number of rotatable bonds is 6. The first-order chi connectivity index (χ1) is 12.5. The van der Waals surface area contributed by atoms with Crippen molar-refractivity contribution in [3.05, 3.63) is 76.1 Å². The summed E-state index contributed by atoms with van der Waals surface area (Å²) in [6, 6.07) is 11.4. The van der Waals surface area contributed by atoms with Gasteiger partial charge in [0.2, 0.25) is 5.91 Å². The van der Waals surface area contributed by atoms with Crippen LogP contribution >= 0.6 is 11.3 Å². The molecule has 3 rings (SSSR count). The van der Waals surface area contributed by atoms with E-state index in [-0.39, 0.29) is 18.1 Å². The van der Waals surface area contributed by atoms with Gasteiger partial charge in [-0.2, -0.15) is 0 Å². The van der Waals surface area contributed by atoms with Gasteiger partial charge >= 0.3 is 0 Å². The van der Waals surface area contributed by atoms with Gasteiger partial charge in [0.25, 0.3) is 5.91 Å². The van der Waals surface area contributed by atoms with E-state index in [1.165, 1.54) is 25.1 Å². The molecule has 5 nitrogen and oxygen atoms in total. The Hall–Kier alpha value is -2.93. The number of benzene rings is 1. The quantitative estimate of drug-likeness (QED) is 0.702. The molecule has 2 heterocycles. The van der Waals surface area contributed by atoms with Gasteiger partial charge in [-0.3, -0.25) is 9.59 Å². The number of nitrogens with zero attached hydrogens (tertiary/aromatic N) is 1. The number of nitrogens with one attached hydrogen (secondary N) is 1. The van der Waals surface area contributed by atoms with Crippen LogP contribution in [0.5, 0.6) is 0 Å². The number of carbonyl (C=O) groups is 2. The smallest absolute Gasteiger partial charge is 0.254 e. The fourth-order valence-electron chi connectivity index (χ4n) is 2.51. The number of hydrogen-bond acceptors (Lipinski definition) is 4. The Kier molecular flexibility index (Phi) is 5.48. The van der Waals surface area contributed by atoms with Crippen molar-refractivity contribution in [1.29, 1.82) is 0 Å². The zero-order valence-corrected chi connectivity index (χ0v) is 14.9. The summed E-state index contributed by atoms with van der Waals surface area (Å²) in [5.74, 6) is -0.618. The molecule has 0 bridgehead atoms. The predicted molar refractivity (Wildman–Crippen MR) is 97.3 cm³/mol. The minimum absolute atomic E-state index is 0.0163. The molecular weight excluding hydrogens is 355 g/mol. The van der Waals surface area contributed by atoms with E-state index in [0.29, 0.717) is 17.9 Å². The minimum atomic E-state index is -0.590. The normalized spacial score (nSPS) is 10.5. The molecule has 0 radical (unpaired) electrons.